The smallest absolute Gasteiger partial charge is 0.338 e. The van der Waals surface area contributed by atoms with Crippen molar-refractivity contribution in [2.75, 3.05) is 13.2 Å². The Morgan fingerprint density at radius 2 is 1.93 bits per heavy atom. The number of thiocarbonyl (C=S) groups is 1. The zero-order chi connectivity index (χ0) is 22.7. The molecule has 0 spiro atoms. The number of sulfonamides is 1. The zero-order valence-electron chi connectivity index (χ0n) is 16.7. The topological polar surface area (TPSA) is 136 Å². The lowest BCUT2D eigenvalue weighted by molar-refractivity contribution is -0.187. The fraction of sp³-hybridized carbons (Fsp3) is 0.421. The number of carbonyl (C=O) groups excluding carboxylic acids is 1. The summed E-state index contributed by atoms with van der Waals surface area (Å²) in [7, 11) is -4.25. The fourth-order valence-electron chi connectivity index (χ4n) is 2.95. The zero-order valence-corrected chi connectivity index (χ0v) is 18.3. The normalized spacial score (nSPS) is 20.8. The van der Waals surface area contributed by atoms with E-state index in [0.717, 1.165) is 4.31 Å². The Bertz CT molecular complexity index is 1020. The number of carboxylic acids is 1. The molecular formula is C19H22N2O7S2. The highest BCUT2D eigenvalue weighted by Crippen LogP contribution is 2.36. The number of carbonyl (C=O) groups is 2. The van der Waals surface area contributed by atoms with Crippen LogP contribution in [0.1, 0.15) is 27.2 Å². The molecular weight excluding hydrogens is 432 g/mol. The maximum Gasteiger partial charge on any atom is 0.338 e. The van der Waals surface area contributed by atoms with Crippen molar-refractivity contribution in [2.45, 2.75) is 43.3 Å². The SMILES string of the molecule is CC#CCOc1ccc(S(=O)(=O)N2CC(CC(N)=O)(C(=O)O)OC(C)(C)C2=S)cc1. The van der Waals surface area contributed by atoms with Gasteiger partial charge in [-0.05, 0) is 45.0 Å². The number of amides is 1. The van der Waals surface area contributed by atoms with Gasteiger partial charge in [-0.2, -0.15) is 0 Å². The van der Waals surface area contributed by atoms with Crippen molar-refractivity contribution in [3.63, 3.8) is 0 Å². The molecule has 1 saturated heterocycles. The summed E-state index contributed by atoms with van der Waals surface area (Å²) >= 11 is 5.28. The van der Waals surface area contributed by atoms with Gasteiger partial charge in [-0.3, -0.25) is 9.10 Å². The Labute approximate surface area is 180 Å². The van der Waals surface area contributed by atoms with Gasteiger partial charge in [-0.25, -0.2) is 13.2 Å². The number of aliphatic carboxylic acids is 1. The number of hydrogen-bond donors (Lipinski definition) is 2. The molecule has 9 nitrogen and oxygen atoms in total. The van der Waals surface area contributed by atoms with Gasteiger partial charge < -0.3 is 20.3 Å². The molecule has 1 aromatic rings. The molecule has 11 heteroatoms. The van der Waals surface area contributed by atoms with Crippen LogP contribution in [-0.4, -0.2) is 59.0 Å². The van der Waals surface area contributed by atoms with Crippen molar-refractivity contribution in [1.29, 1.82) is 0 Å². The summed E-state index contributed by atoms with van der Waals surface area (Å²) in [5.74, 6) is 3.34. The van der Waals surface area contributed by atoms with E-state index in [1.54, 1.807) is 6.92 Å². The van der Waals surface area contributed by atoms with Crippen LogP contribution in [0.4, 0.5) is 0 Å². The molecule has 1 aromatic carbocycles. The second kappa shape index (κ2) is 8.59. The third kappa shape index (κ3) is 4.72. The van der Waals surface area contributed by atoms with Crippen molar-refractivity contribution in [3.8, 4) is 17.6 Å². The van der Waals surface area contributed by atoms with Crippen LogP contribution in [0, 0.1) is 11.8 Å². The first-order valence-corrected chi connectivity index (χ1v) is 10.6. The van der Waals surface area contributed by atoms with E-state index in [1.165, 1.54) is 38.1 Å². The van der Waals surface area contributed by atoms with Gasteiger partial charge in [0.25, 0.3) is 10.0 Å². The van der Waals surface area contributed by atoms with E-state index in [1.807, 2.05) is 0 Å². The molecule has 1 atom stereocenters. The highest BCUT2D eigenvalue weighted by atomic mass is 32.2. The maximum atomic E-state index is 13.3. The number of hydrogen-bond acceptors (Lipinski definition) is 7. The van der Waals surface area contributed by atoms with Crippen LogP contribution in [0.3, 0.4) is 0 Å². The molecule has 1 fully saturated rings. The van der Waals surface area contributed by atoms with Gasteiger partial charge in [0.2, 0.25) is 5.91 Å². The van der Waals surface area contributed by atoms with Gasteiger partial charge >= 0.3 is 5.97 Å². The highest BCUT2D eigenvalue weighted by Gasteiger charge is 2.56. The number of primary amides is 1. The van der Waals surface area contributed by atoms with Gasteiger partial charge in [-0.15, -0.1) is 5.92 Å². The Hall–Kier alpha value is -2.68. The second-order valence-corrected chi connectivity index (χ2v) is 9.31. The highest BCUT2D eigenvalue weighted by molar-refractivity contribution is 7.91. The van der Waals surface area contributed by atoms with E-state index in [9.17, 15) is 23.1 Å². The largest absolute Gasteiger partial charge is 0.481 e. The third-order valence-electron chi connectivity index (χ3n) is 4.34. The van der Waals surface area contributed by atoms with E-state index in [4.69, 9.17) is 27.4 Å². The standard InChI is InChI=1S/C19H22N2O7S2/c1-4-5-10-27-13-6-8-14(9-7-13)30(25,26)21-12-19(17(23)24,11-15(20)22)28-18(2,3)16(21)29/h6-9H,10-12H2,1-3H3,(H2,20,22)(H,23,24). The average Bonchev–Trinajstić information content (AvgIpc) is 2.64. The lowest BCUT2D eigenvalue weighted by Gasteiger charge is -2.47. The predicted molar refractivity (Wildman–Crippen MR) is 111 cm³/mol. The van der Waals surface area contributed by atoms with Gasteiger partial charge in [0, 0.05) is 0 Å². The molecule has 3 N–H and O–H groups in total. The number of nitrogens with zero attached hydrogens (tertiary/aromatic N) is 1. The molecule has 0 saturated carbocycles. The molecule has 1 amide bonds. The Morgan fingerprint density at radius 1 is 1.33 bits per heavy atom. The molecule has 0 aliphatic carbocycles. The van der Waals surface area contributed by atoms with Crippen LogP contribution >= 0.6 is 12.2 Å². The van der Waals surface area contributed by atoms with Crippen molar-refractivity contribution in [1.82, 2.24) is 4.31 Å². The monoisotopic (exact) mass is 454 g/mol. The van der Waals surface area contributed by atoms with Crippen LogP contribution in [0.25, 0.3) is 0 Å². The van der Waals surface area contributed by atoms with Crippen LogP contribution in [-0.2, 0) is 24.3 Å². The Balaban J connectivity index is 2.45. The van der Waals surface area contributed by atoms with Crippen LogP contribution in [0.5, 0.6) is 5.75 Å². The third-order valence-corrected chi connectivity index (χ3v) is 6.93. The lowest BCUT2D eigenvalue weighted by atomic mass is 9.93. The first-order chi connectivity index (χ1) is 13.9. The van der Waals surface area contributed by atoms with E-state index < -0.39 is 46.1 Å². The van der Waals surface area contributed by atoms with Crippen molar-refractivity contribution in [2.24, 2.45) is 5.73 Å². The minimum Gasteiger partial charge on any atom is -0.481 e. The Morgan fingerprint density at radius 3 is 2.43 bits per heavy atom. The number of nitrogens with two attached hydrogens (primary N) is 1. The molecule has 1 aliphatic rings. The van der Waals surface area contributed by atoms with Gasteiger partial charge in [0.15, 0.2) is 5.60 Å². The molecule has 0 bridgehead atoms. The van der Waals surface area contributed by atoms with Gasteiger partial charge in [0.1, 0.15) is 22.9 Å². The molecule has 2 rings (SSSR count). The number of rotatable bonds is 7. The molecule has 30 heavy (non-hydrogen) atoms. The summed E-state index contributed by atoms with van der Waals surface area (Å²) in [5.41, 5.74) is 1.56. The van der Waals surface area contributed by atoms with E-state index in [2.05, 4.69) is 11.8 Å². The summed E-state index contributed by atoms with van der Waals surface area (Å²) in [4.78, 5) is 23.2. The summed E-state index contributed by atoms with van der Waals surface area (Å²) in [6.45, 7) is 3.99. The fourth-order valence-corrected chi connectivity index (χ4v) is 4.90. The number of morpholine rings is 1. The van der Waals surface area contributed by atoms with Crippen LogP contribution in [0.2, 0.25) is 0 Å². The number of benzene rings is 1. The molecule has 0 aromatic heterocycles. The molecule has 162 valence electrons. The number of carboxylic acid groups (broad SMARTS) is 1. The van der Waals surface area contributed by atoms with Crippen molar-refractivity contribution in [3.05, 3.63) is 24.3 Å². The first-order valence-electron chi connectivity index (χ1n) is 8.77. The lowest BCUT2D eigenvalue weighted by Crippen LogP contribution is -2.67. The Kier molecular flexibility index (Phi) is 6.76. The molecule has 0 radical (unpaired) electrons. The molecule has 1 heterocycles. The first kappa shape index (κ1) is 23.6. The van der Waals surface area contributed by atoms with Crippen LogP contribution in [0.15, 0.2) is 29.2 Å². The minimum atomic E-state index is -4.25. The summed E-state index contributed by atoms with van der Waals surface area (Å²) < 4.78 is 38.3. The second-order valence-electron chi connectivity index (χ2n) is 7.06. The van der Waals surface area contributed by atoms with Gasteiger partial charge in [0.05, 0.1) is 17.9 Å². The quantitative estimate of drug-likeness (QED) is 0.458. The van der Waals surface area contributed by atoms with E-state index in [0.29, 0.717) is 5.75 Å². The van der Waals surface area contributed by atoms with E-state index in [-0.39, 0.29) is 16.5 Å². The van der Waals surface area contributed by atoms with Crippen molar-refractivity contribution >= 4 is 39.1 Å². The number of ether oxygens (including phenoxy) is 2. The van der Waals surface area contributed by atoms with E-state index >= 15 is 0 Å². The summed E-state index contributed by atoms with van der Waals surface area (Å²) in [6.07, 6.45) is -0.717. The minimum absolute atomic E-state index is 0.130. The molecule has 1 unspecified atom stereocenters. The predicted octanol–water partition coefficient (Wildman–Crippen LogP) is 0.914. The summed E-state index contributed by atoms with van der Waals surface area (Å²) in [6, 6.07) is 5.52. The average molecular weight is 455 g/mol. The van der Waals surface area contributed by atoms with Crippen molar-refractivity contribution < 1.29 is 32.6 Å². The summed E-state index contributed by atoms with van der Waals surface area (Å²) in [5, 5.41) is 9.72. The van der Waals surface area contributed by atoms with Crippen LogP contribution < -0.4 is 10.5 Å². The van der Waals surface area contributed by atoms with Gasteiger partial charge in [-0.1, -0.05) is 18.1 Å². The maximum absolute atomic E-state index is 13.3. The molecule has 1 aliphatic heterocycles.